The van der Waals surface area contributed by atoms with E-state index in [1.54, 1.807) is 23.2 Å². The number of carbonyl (C=O) groups is 2. The summed E-state index contributed by atoms with van der Waals surface area (Å²) in [6.07, 6.45) is 2.57. The summed E-state index contributed by atoms with van der Waals surface area (Å²) in [6.45, 7) is 3.08. The molecule has 136 valence electrons. The summed E-state index contributed by atoms with van der Waals surface area (Å²) < 4.78 is 0. The Balaban J connectivity index is 1.61. The summed E-state index contributed by atoms with van der Waals surface area (Å²) in [4.78, 5) is 31.2. The van der Waals surface area contributed by atoms with Gasteiger partial charge in [-0.3, -0.25) is 14.6 Å². The van der Waals surface area contributed by atoms with Crippen LogP contribution in [0, 0.1) is 5.92 Å². The third-order valence-electron chi connectivity index (χ3n) is 4.57. The molecule has 1 N–H and O–H groups in total. The van der Waals surface area contributed by atoms with Crippen molar-refractivity contribution < 1.29 is 9.59 Å². The molecule has 0 radical (unpaired) electrons. The minimum absolute atomic E-state index is 0.0558. The van der Waals surface area contributed by atoms with Crippen molar-refractivity contribution >= 4 is 23.4 Å². The first-order valence-electron chi connectivity index (χ1n) is 8.74. The van der Waals surface area contributed by atoms with Gasteiger partial charge in [-0.15, -0.1) is 0 Å². The van der Waals surface area contributed by atoms with Crippen molar-refractivity contribution in [2.24, 2.45) is 5.92 Å². The predicted octanol–water partition coefficient (Wildman–Crippen LogP) is 2.83. The van der Waals surface area contributed by atoms with Crippen LogP contribution in [0.5, 0.6) is 0 Å². The Bertz CT molecular complexity index is 764. The smallest absolute Gasteiger partial charge is 0.243 e. The lowest BCUT2D eigenvalue weighted by Crippen LogP contribution is -2.46. The Labute approximate surface area is 158 Å². The summed E-state index contributed by atoms with van der Waals surface area (Å²) in [5.41, 5.74) is 1.69. The van der Waals surface area contributed by atoms with Gasteiger partial charge in [0, 0.05) is 30.0 Å². The number of nitrogens with zero attached hydrogens (tertiary/aromatic N) is 2. The second-order valence-corrected chi connectivity index (χ2v) is 7.18. The lowest BCUT2D eigenvalue weighted by molar-refractivity contribution is -0.138. The number of halogens is 1. The van der Waals surface area contributed by atoms with Gasteiger partial charge in [-0.1, -0.05) is 36.7 Å². The first-order chi connectivity index (χ1) is 12.5. The monoisotopic (exact) mass is 371 g/mol. The van der Waals surface area contributed by atoms with Gasteiger partial charge in [0.15, 0.2) is 0 Å². The molecule has 1 aliphatic rings. The maximum Gasteiger partial charge on any atom is 0.243 e. The van der Waals surface area contributed by atoms with E-state index < -0.39 is 6.04 Å². The summed E-state index contributed by atoms with van der Waals surface area (Å²) in [5.74, 6) is 0.132. The lowest BCUT2D eigenvalue weighted by Gasteiger charge is -2.24. The topological polar surface area (TPSA) is 62.3 Å². The molecule has 0 saturated carbocycles. The third-order valence-corrected chi connectivity index (χ3v) is 4.82. The first kappa shape index (κ1) is 18.4. The third kappa shape index (κ3) is 4.61. The van der Waals surface area contributed by atoms with Gasteiger partial charge < -0.3 is 10.2 Å². The molecule has 1 fully saturated rings. The molecule has 2 amide bonds. The Kier molecular flexibility index (Phi) is 5.89. The fourth-order valence-electron chi connectivity index (χ4n) is 3.24. The molecular weight excluding hydrogens is 350 g/mol. The predicted molar refractivity (Wildman–Crippen MR) is 101 cm³/mol. The number of likely N-dealkylation sites (tertiary alicyclic amines) is 1. The summed E-state index contributed by atoms with van der Waals surface area (Å²) in [6, 6.07) is 12.4. The first-order valence-corrected chi connectivity index (χ1v) is 9.12. The van der Waals surface area contributed by atoms with Crippen LogP contribution in [-0.2, 0) is 22.6 Å². The highest BCUT2D eigenvalue weighted by molar-refractivity contribution is 6.30. The van der Waals surface area contributed by atoms with Crippen molar-refractivity contribution in [2.75, 3.05) is 6.54 Å². The van der Waals surface area contributed by atoms with Gasteiger partial charge in [-0.25, -0.2) is 0 Å². The average Bonchev–Trinajstić information content (AvgIpc) is 3.04. The maximum atomic E-state index is 12.7. The number of hydrogen-bond acceptors (Lipinski definition) is 3. The molecule has 2 heterocycles. The van der Waals surface area contributed by atoms with Crippen LogP contribution in [0.15, 0.2) is 48.7 Å². The van der Waals surface area contributed by atoms with E-state index in [1.165, 1.54) is 0 Å². The molecule has 3 rings (SSSR count). The van der Waals surface area contributed by atoms with Crippen LogP contribution in [-0.4, -0.2) is 34.3 Å². The number of rotatable bonds is 5. The molecule has 0 bridgehead atoms. The van der Waals surface area contributed by atoms with Crippen LogP contribution in [0.2, 0.25) is 5.02 Å². The van der Waals surface area contributed by atoms with E-state index in [0.29, 0.717) is 30.5 Å². The Hall–Kier alpha value is -2.40. The normalized spacial score (nSPS) is 19.4. The molecule has 1 aromatic heterocycles. The van der Waals surface area contributed by atoms with Crippen molar-refractivity contribution in [3.8, 4) is 0 Å². The zero-order chi connectivity index (χ0) is 18.5. The van der Waals surface area contributed by atoms with E-state index >= 15 is 0 Å². The molecule has 2 aromatic rings. The van der Waals surface area contributed by atoms with E-state index in [4.69, 9.17) is 11.6 Å². The highest BCUT2D eigenvalue weighted by Gasteiger charge is 2.37. The SMILES string of the molecule is C[C@@H]1C[C@@H](C(=O)NCc2ccc(Cl)cc2)N(C(=O)Cc2ccccn2)C1. The fourth-order valence-corrected chi connectivity index (χ4v) is 3.36. The summed E-state index contributed by atoms with van der Waals surface area (Å²) in [7, 11) is 0. The Morgan fingerprint density at radius 2 is 2.00 bits per heavy atom. The van der Waals surface area contributed by atoms with Gasteiger partial charge in [0.05, 0.1) is 6.42 Å². The van der Waals surface area contributed by atoms with E-state index in [1.807, 2.05) is 30.3 Å². The minimum Gasteiger partial charge on any atom is -0.350 e. The highest BCUT2D eigenvalue weighted by Crippen LogP contribution is 2.24. The Morgan fingerprint density at radius 1 is 1.23 bits per heavy atom. The van der Waals surface area contributed by atoms with Gasteiger partial charge in [-0.05, 0) is 42.2 Å². The maximum absolute atomic E-state index is 12.7. The number of amides is 2. The van der Waals surface area contributed by atoms with E-state index in [9.17, 15) is 9.59 Å². The Morgan fingerprint density at radius 3 is 2.69 bits per heavy atom. The van der Waals surface area contributed by atoms with Crippen molar-refractivity contribution in [3.05, 3.63) is 64.9 Å². The van der Waals surface area contributed by atoms with Crippen LogP contribution >= 0.6 is 11.6 Å². The van der Waals surface area contributed by atoms with Crippen LogP contribution in [0.4, 0.5) is 0 Å². The van der Waals surface area contributed by atoms with Crippen molar-refractivity contribution in [1.82, 2.24) is 15.2 Å². The molecule has 1 aliphatic heterocycles. The largest absolute Gasteiger partial charge is 0.350 e. The quantitative estimate of drug-likeness (QED) is 0.879. The number of carbonyl (C=O) groups excluding carboxylic acids is 2. The average molecular weight is 372 g/mol. The van der Waals surface area contributed by atoms with Gasteiger partial charge in [0.25, 0.3) is 0 Å². The molecule has 0 spiro atoms. The number of pyridine rings is 1. The lowest BCUT2D eigenvalue weighted by atomic mass is 10.1. The number of aromatic nitrogens is 1. The van der Waals surface area contributed by atoms with Gasteiger partial charge in [0.2, 0.25) is 11.8 Å². The number of nitrogens with one attached hydrogen (secondary N) is 1. The molecule has 26 heavy (non-hydrogen) atoms. The minimum atomic E-state index is -0.423. The molecule has 0 unspecified atom stereocenters. The zero-order valence-corrected chi connectivity index (χ0v) is 15.4. The standard InChI is InChI=1S/C20H22ClN3O2/c1-14-10-18(20(26)23-12-15-5-7-16(21)8-6-15)24(13-14)19(25)11-17-4-2-3-9-22-17/h2-9,14,18H,10-13H2,1H3,(H,23,26)/t14-,18+/m1/s1. The fraction of sp³-hybridized carbons (Fsp3) is 0.350. The molecule has 1 saturated heterocycles. The van der Waals surface area contributed by atoms with Gasteiger partial charge >= 0.3 is 0 Å². The zero-order valence-electron chi connectivity index (χ0n) is 14.7. The molecular formula is C20H22ClN3O2. The summed E-state index contributed by atoms with van der Waals surface area (Å²) >= 11 is 5.88. The number of hydrogen-bond donors (Lipinski definition) is 1. The molecule has 6 heteroatoms. The molecule has 1 aromatic carbocycles. The second-order valence-electron chi connectivity index (χ2n) is 6.74. The van der Waals surface area contributed by atoms with Crippen molar-refractivity contribution in [1.29, 1.82) is 0 Å². The summed E-state index contributed by atoms with van der Waals surface area (Å²) in [5, 5.41) is 3.60. The highest BCUT2D eigenvalue weighted by atomic mass is 35.5. The van der Waals surface area contributed by atoms with E-state index in [-0.39, 0.29) is 18.2 Å². The van der Waals surface area contributed by atoms with Crippen molar-refractivity contribution in [3.63, 3.8) is 0 Å². The van der Waals surface area contributed by atoms with Gasteiger partial charge in [0.1, 0.15) is 6.04 Å². The number of benzene rings is 1. The van der Waals surface area contributed by atoms with Crippen LogP contribution in [0.3, 0.4) is 0 Å². The molecule has 5 nitrogen and oxygen atoms in total. The van der Waals surface area contributed by atoms with Crippen LogP contribution in [0.1, 0.15) is 24.6 Å². The van der Waals surface area contributed by atoms with Crippen LogP contribution in [0.25, 0.3) is 0 Å². The molecule has 0 aliphatic carbocycles. The van der Waals surface area contributed by atoms with Crippen LogP contribution < -0.4 is 5.32 Å². The van der Waals surface area contributed by atoms with Gasteiger partial charge in [-0.2, -0.15) is 0 Å². The molecule has 2 atom stereocenters. The second kappa shape index (κ2) is 8.32. The van der Waals surface area contributed by atoms with E-state index in [0.717, 1.165) is 11.3 Å². The van der Waals surface area contributed by atoms with E-state index in [2.05, 4.69) is 17.2 Å². The van der Waals surface area contributed by atoms with Crippen molar-refractivity contribution in [2.45, 2.75) is 32.4 Å².